The number of nitrogens with one attached hydrogen (secondary N) is 1. The van der Waals surface area contributed by atoms with Gasteiger partial charge in [0, 0.05) is 12.8 Å². The lowest BCUT2D eigenvalue weighted by molar-refractivity contribution is -0.136. The third-order valence-electron chi connectivity index (χ3n) is 3.15. The van der Waals surface area contributed by atoms with Crippen molar-refractivity contribution in [3.63, 3.8) is 0 Å². The summed E-state index contributed by atoms with van der Waals surface area (Å²) in [4.78, 5) is 29.2. The van der Waals surface area contributed by atoms with Crippen LogP contribution in [0.15, 0.2) is 46.7 Å². The number of rotatable bonds is 6. The molecule has 0 bridgehead atoms. The molecule has 0 saturated carbocycles. The van der Waals surface area contributed by atoms with Crippen molar-refractivity contribution >= 4 is 30.1 Å². The minimum Gasteiger partial charge on any atom is -0.494 e. The Kier molecular flexibility index (Phi) is 5.43. The average molecular weight is 345 g/mol. The Morgan fingerprint density at radius 3 is 2.62 bits per heavy atom. The normalized spacial score (nSPS) is 10.8. The van der Waals surface area contributed by atoms with Gasteiger partial charge in [-0.1, -0.05) is 18.2 Å². The second-order valence-electron chi connectivity index (χ2n) is 4.89. The van der Waals surface area contributed by atoms with E-state index in [4.69, 9.17) is 17.3 Å². The number of hydrogen-bond donors (Lipinski definition) is 3. The highest BCUT2D eigenvalue weighted by Crippen LogP contribution is 2.16. The van der Waals surface area contributed by atoms with Crippen LogP contribution in [-0.4, -0.2) is 31.9 Å². The van der Waals surface area contributed by atoms with E-state index in [1.807, 2.05) is 0 Å². The molecule has 1 heterocycles. The van der Waals surface area contributed by atoms with Crippen LogP contribution in [0.2, 0.25) is 0 Å². The molecule has 2 rings (SSSR count). The van der Waals surface area contributed by atoms with Crippen molar-refractivity contribution in [2.45, 2.75) is 13.0 Å². The van der Waals surface area contributed by atoms with Crippen molar-refractivity contribution in [2.24, 2.45) is 4.99 Å². The third kappa shape index (κ3) is 4.05. The van der Waals surface area contributed by atoms with Crippen LogP contribution in [0.4, 0.5) is 5.69 Å². The lowest BCUT2D eigenvalue weighted by Gasteiger charge is -2.08. The Morgan fingerprint density at radius 2 is 2.04 bits per heavy atom. The van der Waals surface area contributed by atoms with Crippen LogP contribution < -0.4 is 5.56 Å². The average Bonchev–Trinajstić information content (AvgIpc) is 2.52. The molecule has 0 aliphatic heterocycles. The summed E-state index contributed by atoms with van der Waals surface area (Å²) in [5.41, 5.74) is 0.575. The molecule has 3 N–H and O–H groups in total. The molecule has 124 valence electrons. The highest BCUT2D eigenvalue weighted by atomic mass is 32.1. The standard InChI is InChI=1S/C16H15N3O4S/c1-2-7-19-15(23)12(14(22)18-16(19)24)9-17-11-5-3-10(4-6-11)8-13(20)21/h2-6,9,23H,1,7-8H2,(H,20,21)(H,18,22,24). The topological polar surface area (TPSA) is 108 Å². The molecule has 24 heavy (non-hydrogen) atoms. The zero-order chi connectivity index (χ0) is 17.7. The molecule has 0 unspecified atom stereocenters. The molecular formula is C16H15N3O4S. The lowest BCUT2D eigenvalue weighted by atomic mass is 10.1. The second-order valence-corrected chi connectivity index (χ2v) is 5.28. The second kappa shape index (κ2) is 7.51. The number of aromatic amines is 1. The Balaban J connectivity index is 2.33. The number of aromatic nitrogens is 2. The van der Waals surface area contributed by atoms with Crippen LogP contribution in [0.5, 0.6) is 5.88 Å². The molecule has 7 nitrogen and oxygen atoms in total. The largest absolute Gasteiger partial charge is 0.494 e. The van der Waals surface area contributed by atoms with E-state index in [9.17, 15) is 14.7 Å². The minimum atomic E-state index is -0.918. The van der Waals surface area contributed by atoms with Gasteiger partial charge in [-0.3, -0.25) is 24.1 Å². The van der Waals surface area contributed by atoms with Crippen LogP contribution >= 0.6 is 12.2 Å². The van der Waals surface area contributed by atoms with Crippen LogP contribution in [0.3, 0.4) is 0 Å². The summed E-state index contributed by atoms with van der Waals surface area (Å²) in [7, 11) is 0. The highest BCUT2D eigenvalue weighted by molar-refractivity contribution is 7.71. The molecule has 0 saturated heterocycles. The first-order chi connectivity index (χ1) is 11.4. The Morgan fingerprint density at radius 1 is 1.38 bits per heavy atom. The van der Waals surface area contributed by atoms with Gasteiger partial charge in [0.25, 0.3) is 5.56 Å². The number of aliphatic imine (C=N–C) groups is 1. The van der Waals surface area contributed by atoms with Crippen molar-refractivity contribution in [2.75, 3.05) is 0 Å². The van der Waals surface area contributed by atoms with Gasteiger partial charge in [0.05, 0.1) is 12.1 Å². The van der Waals surface area contributed by atoms with E-state index in [0.717, 1.165) is 0 Å². The molecule has 0 aliphatic carbocycles. The van der Waals surface area contributed by atoms with Gasteiger partial charge in [-0.15, -0.1) is 6.58 Å². The lowest BCUT2D eigenvalue weighted by Crippen LogP contribution is -2.18. The number of hydrogen-bond acceptors (Lipinski definition) is 5. The summed E-state index contributed by atoms with van der Waals surface area (Å²) in [6.45, 7) is 3.81. The fourth-order valence-corrected chi connectivity index (χ4v) is 2.26. The Hall–Kier alpha value is -3.00. The minimum absolute atomic E-state index is 0.0277. The molecule has 0 spiro atoms. The molecule has 0 radical (unpaired) electrons. The Bertz CT molecular complexity index is 910. The summed E-state index contributed by atoms with van der Waals surface area (Å²) in [6, 6.07) is 6.52. The fourth-order valence-electron chi connectivity index (χ4n) is 2.00. The highest BCUT2D eigenvalue weighted by Gasteiger charge is 2.10. The van der Waals surface area contributed by atoms with Gasteiger partial charge in [-0.05, 0) is 29.9 Å². The van der Waals surface area contributed by atoms with Gasteiger partial charge in [0.15, 0.2) is 4.77 Å². The van der Waals surface area contributed by atoms with E-state index in [1.54, 1.807) is 24.3 Å². The maximum absolute atomic E-state index is 11.9. The first kappa shape index (κ1) is 17.4. The number of carboxylic acid groups (broad SMARTS) is 1. The molecule has 0 atom stereocenters. The van der Waals surface area contributed by atoms with Crippen molar-refractivity contribution in [3.8, 4) is 5.88 Å². The van der Waals surface area contributed by atoms with Crippen molar-refractivity contribution < 1.29 is 15.0 Å². The third-order valence-corrected chi connectivity index (χ3v) is 3.48. The van der Waals surface area contributed by atoms with E-state index in [1.165, 1.54) is 16.9 Å². The van der Waals surface area contributed by atoms with Crippen LogP contribution in [0.25, 0.3) is 0 Å². The smallest absolute Gasteiger partial charge is 0.307 e. The van der Waals surface area contributed by atoms with Crippen molar-refractivity contribution in [1.82, 2.24) is 9.55 Å². The van der Waals surface area contributed by atoms with Gasteiger partial charge in [0.1, 0.15) is 5.56 Å². The van der Waals surface area contributed by atoms with Crippen LogP contribution in [0.1, 0.15) is 11.1 Å². The van der Waals surface area contributed by atoms with Gasteiger partial charge < -0.3 is 10.2 Å². The number of benzene rings is 1. The summed E-state index contributed by atoms with van der Waals surface area (Å²) in [5, 5.41) is 18.9. The van der Waals surface area contributed by atoms with Gasteiger partial charge in [-0.25, -0.2) is 0 Å². The predicted molar refractivity (Wildman–Crippen MR) is 92.8 cm³/mol. The first-order valence-electron chi connectivity index (χ1n) is 6.94. The number of carboxylic acids is 1. The molecule has 0 aliphatic rings. The van der Waals surface area contributed by atoms with Crippen molar-refractivity contribution in [1.29, 1.82) is 0 Å². The number of aliphatic carboxylic acids is 1. The SMILES string of the molecule is C=CCn1c(O)c(C=Nc2ccc(CC(=O)O)cc2)c(=O)[nH]c1=S. The fraction of sp³-hybridized carbons (Fsp3) is 0.125. The molecule has 8 heteroatoms. The number of carbonyl (C=O) groups is 1. The van der Waals surface area contributed by atoms with Gasteiger partial charge >= 0.3 is 5.97 Å². The summed E-state index contributed by atoms with van der Waals surface area (Å²) < 4.78 is 1.41. The van der Waals surface area contributed by atoms with E-state index in [-0.39, 0.29) is 29.2 Å². The molecular weight excluding hydrogens is 330 g/mol. The van der Waals surface area contributed by atoms with Gasteiger partial charge in [-0.2, -0.15) is 0 Å². The molecule has 0 amide bonds. The zero-order valence-corrected chi connectivity index (χ0v) is 13.4. The maximum atomic E-state index is 11.9. The maximum Gasteiger partial charge on any atom is 0.307 e. The molecule has 2 aromatic rings. The first-order valence-corrected chi connectivity index (χ1v) is 7.35. The van der Waals surface area contributed by atoms with E-state index in [0.29, 0.717) is 11.3 Å². The molecule has 0 fully saturated rings. The number of H-pyrrole nitrogens is 1. The van der Waals surface area contributed by atoms with Crippen LogP contribution in [-0.2, 0) is 17.8 Å². The monoisotopic (exact) mass is 345 g/mol. The van der Waals surface area contributed by atoms with E-state index < -0.39 is 11.5 Å². The summed E-state index contributed by atoms with van der Waals surface area (Å²) in [5.74, 6) is -1.21. The van der Waals surface area contributed by atoms with Gasteiger partial charge in [0.2, 0.25) is 5.88 Å². The number of allylic oxidation sites excluding steroid dienone is 1. The number of aromatic hydroxyl groups is 1. The van der Waals surface area contributed by atoms with E-state index >= 15 is 0 Å². The quantitative estimate of drug-likeness (QED) is 0.422. The zero-order valence-electron chi connectivity index (χ0n) is 12.6. The Labute approximate surface area is 142 Å². The molecule has 1 aromatic heterocycles. The predicted octanol–water partition coefficient (Wildman–Crippen LogP) is 2.18. The molecule has 1 aromatic carbocycles. The number of nitrogens with zero attached hydrogens (tertiary/aromatic N) is 2. The van der Waals surface area contributed by atoms with E-state index in [2.05, 4.69) is 16.6 Å². The summed E-state index contributed by atoms with van der Waals surface area (Å²) in [6.07, 6.45) is 2.69. The van der Waals surface area contributed by atoms with Crippen LogP contribution in [0, 0.1) is 4.77 Å². The summed E-state index contributed by atoms with van der Waals surface area (Å²) >= 11 is 4.99. The van der Waals surface area contributed by atoms with Crippen molar-refractivity contribution in [3.05, 3.63) is 63.2 Å².